The summed E-state index contributed by atoms with van der Waals surface area (Å²) < 4.78 is 0.894. The molecule has 0 aliphatic heterocycles. The Bertz CT molecular complexity index is 496. The van der Waals surface area contributed by atoms with Crippen molar-refractivity contribution in [2.75, 3.05) is 11.9 Å². The number of halogens is 1. The average Bonchev–Trinajstić information content (AvgIpc) is 2.33. The number of aromatic nitrogens is 2. The normalized spacial score (nSPS) is 10.3. The predicted octanol–water partition coefficient (Wildman–Crippen LogP) is 3.18. The van der Waals surface area contributed by atoms with Crippen molar-refractivity contribution < 1.29 is 0 Å². The maximum Gasteiger partial charge on any atom is 0.225 e. The molecule has 17 heavy (non-hydrogen) atoms. The first-order valence-electron chi connectivity index (χ1n) is 5.40. The summed E-state index contributed by atoms with van der Waals surface area (Å²) in [6, 6.07) is 8.35. The van der Waals surface area contributed by atoms with Crippen molar-refractivity contribution >= 4 is 21.9 Å². The molecule has 0 aliphatic carbocycles. The maximum atomic E-state index is 4.27. The summed E-state index contributed by atoms with van der Waals surface area (Å²) in [5, 5.41) is 0. The van der Waals surface area contributed by atoms with E-state index in [1.54, 1.807) is 12.4 Å². The molecule has 88 valence electrons. The highest BCUT2D eigenvalue weighted by Crippen LogP contribution is 2.14. The first-order valence-corrected chi connectivity index (χ1v) is 6.19. The second-order valence-corrected chi connectivity index (χ2v) is 4.90. The summed E-state index contributed by atoms with van der Waals surface area (Å²) in [6.45, 7) is 2.93. The molecule has 0 amide bonds. The third-order valence-electron chi connectivity index (χ3n) is 2.62. The van der Waals surface area contributed by atoms with Gasteiger partial charge in [0.05, 0.1) is 4.47 Å². The van der Waals surface area contributed by atoms with Crippen molar-refractivity contribution in [1.29, 1.82) is 0 Å². The van der Waals surface area contributed by atoms with Gasteiger partial charge in [0.15, 0.2) is 0 Å². The number of benzene rings is 1. The molecular weight excluding hydrogens is 278 g/mol. The average molecular weight is 292 g/mol. The van der Waals surface area contributed by atoms with E-state index < -0.39 is 0 Å². The number of hydrogen-bond donors (Lipinski definition) is 0. The van der Waals surface area contributed by atoms with E-state index in [1.807, 2.05) is 11.9 Å². The van der Waals surface area contributed by atoms with Gasteiger partial charge in [-0.15, -0.1) is 0 Å². The lowest BCUT2D eigenvalue weighted by atomic mass is 10.1. The van der Waals surface area contributed by atoms with Crippen LogP contribution in [0.5, 0.6) is 0 Å². The third-order valence-corrected chi connectivity index (χ3v) is 3.03. The monoisotopic (exact) mass is 291 g/mol. The van der Waals surface area contributed by atoms with Crippen LogP contribution in [0.2, 0.25) is 0 Å². The molecule has 4 heteroatoms. The molecule has 1 aromatic carbocycles. The quantitative estimate of drug-likeness (QED) is 0.870. The molecule has 2 rings (SSSR count). The summed E-state index contributed by atoms with van der Waals surface area (Å²) in [6.07, 6.45) is 3.52. The molecule has 1 heterocycles. The minimum atomic E-state index is 0.733. The summed E-state index contributed by atoms with van der Waals surface area (Å²) in [5.74, 6) is 0.733. The highest BCUT2D eigenvalue weighted by atomic mass is 79.9. The summed E-state index contributed by atoms with van der Waals surface area (Å²) >= 11 is 3.33. The van der Waals surface area contributed by atoms with E-state index in [-0.39, 0.29) is 0 Å². The van der Waals surface area contributed by atoms with Gasteiger partial charge in [0, 0.05) is 26.0 Å². The van der Waals surface area contributed by atoms with E-state index in [4.69, 9.17) is 0 Å². The minimum Gasteiger partial charge on any atom is -0.340 e. The Morgan fingerprint density at radius 1 is 1.18 bits per heavy atom. The van der Waals surface area contributed by atoms with Crippen LogP contribution in [0, 0.1) is 6.92 Å². The zero-order valence-corrected chi connectivity index (χ0v) is 11.5. The smallest absolute Gasteiger partial charge is 0.225 e. The molecule has 0 unspecified atom stereocenters. The molecule has 0 N–H and O–H groups in total. The molecule has 0 aliphatic rings. The second kappa shape index (κ2) is 5.27. The van der Waals surface area contributed by atoms with Crippen LogP contribution >= 0.6 is 15.9 Å². The predicted molar refractivity (Wildman–Crippen MR) is 73.0 cm³/mol. The SMILES string of the molecule is Cc1ccccc1CN(C)c1ncc(Br)cn1. The first-order chi connectivity index (χ1) is 8.16. The number of nitrogens with zero attached hydrogens (tertiary/aromatic N) is 3. The Kier molecular flexibility index (Phi) is 3.74. The van der Waals surface area contributed by atoms with Gasteiger partial charge in [-0.1, -0.05) is 24.3 Å². The fourth-order valence-electron chi connectivity index (χ4n) is 1.62. The topological polar surface area (TPSA) is 29.0 Å². The fourth-order valence-corrected chi connectivity index (χ4v) is 1.82. The fraction of sp³-hybridized carbons (Fsp3) is 0.231. The van der Waals surface area contributed by atoms with Crippen molar-refractivity contribution in [1.82, 2.24) is 9.97 Å². The Labute approximate surface area is 110 Å². The summed E-state index contributed by atoms with van der Waals surface area (Å²) in [4.78, 5) is 10.6. The highest BCUT2D eigenvalue weighted by molar-refractivity contribution is 9.10. The van der Waals surface area contributed by atoms with Crippen LogP contribution in [0.4, 0.5) is 5.95 Å². The van der Waals surface area contributed by atoms with E-state index in [9.17, 15) is 0 Å². The van der Waals surface area contributed by atoms with E-state index in [2.05, 4.69) is 57.1 Å². The molecule has 0 bridgehead atoms. The van der Waals surface area contributed by atoms with Crippen LogP contribution in [0.1, 0.15) is 11.1 Å². The van der Waals surface area contributed by atoms with Crippen LogP contribution in [0.3, 0.4) is 0 Å². The van der Waals surface area contributed by atoms with Crippen LogP contribution in [-0.2, 0) is 6.54 Å². The molecule has 0 spiro atoms. The zero-order chi connectivity index (χ0) is 12.3. The number of anilines is 1. The van der Waals surface area contributed by atoms with Crippen LogP contribution < -0.4 is 4.90 Å². The minimum absolute atomic E-state index is 0.733. The van der Waals surface area contributed by atoms with Crippen LogP contribution in [0.15, 0.2) is 41.1 Å². The number of rotatable bonds is 3. The van der Waals surface area contributed by atoms with E-state index in [1.165, 1.54) is 11.1 Å². The summed E-state index contributed by atoms with van der Waals surface area (Å²) in [5.41, 5.74) is 2.58. The van der Waals surface area contributed by atoms with Crippen LogP contribution in [-0.4, -0.2) is 17.0 Å². The zero-order valence-electron chi connectivity index (χ0n) is 9.89. The molecule has 2 aromatic rings. The van der Waals surface area contributed by atoms with E-state index in [0.717, 1.165) is 17.0 Å². The second-order valence-electron chi connectivity index (χ2n) is 3.98. The molecule has 0 radical (unpaired) electrons. The lowest BCUT2D eigenvalue weighted by Crippen LogP contribution is -2.19. The molecule has 0 fully saturated rings. The van der Waals surface area contributed by atoms with Gasteiger partial charge >= 0.3 is 0 Å². The molecule has 0 saturated carbocycles. The third kappa shape index (κ3) is 3.03. The molecule has 3 nitrogen and oxygen atoms in total. The first kappa shape index (κ1) is 12.0. The summed E-state index contributed by atoms with van der Waals surface area (Å²) in [7, 11) is 2.00. The van der Waals surface area contributed by atoms with Gasteiger partial charge in [0.25, 0.3) is 0 Å². The Morgan fingerprint density at radius 2 is 1.82 bits per heavy atom. The highest BCUT2D eigenvalue weighted by Gasteiger charge is 2.06. The standard InChI is InChI=1S/C13H14BrN3/c1-10-5-3-4-6-11(10)9-17(2)13-15-7-12(14)8-16-13/h3-8H,9H2,1-2H3. The van der Waals surface area contributed by atoms with Crippen molar-refractivity contribution in [3.63, 3.8) is 0 Å². The van der Waals surface area contributed by atoms with Gasteiger partial charge in [-0.05, 0) is 34.0 Å². The van der Waals surface area contributed by atoms with E-state index in [0.29, 0.717) is 0 Å². The Morgan fingerprint density at radius 3 is 2.47 bits per heavy atom. The number of hydrogen-bond acceptors (Lipinski definition) is 3. The largest absolute Gasteiger partial charge is 0.340 e. The van der Waals surface area contributed by atoms with E-state index >= 15 is 0 Å². The number of aryl methyl sites for hydroxylation is 1. The van der Waals surface area contributed by atoms with Gasteiger partial charge in [-0.25, -0.2) is 9.97 Å². The van der Waals surface area contributed by atoms with Crippen molar-refractivity contribution in [2.24, 2.45) is 0 Å². The van der Waals surface area contributed by atoms with Gasteiger partial charge in [0.2, 0.25) is 5.95 Å². The molecule has 0 atom stereocenters. The van der Waals surface area contributed by atoms with Crippen molar-refractivity contribution in [3.8, 4) is 0 Å². The molecule has 0 saturated heterocycles. The van der Waals surface area contributed by atoms with Gasteiger partial charge in [0.1, 0.15) is 0 Å². The van der Waals surface area contributed by atoms with Gasteiger partial charge < -0.3 is 4.90 Å². The Hall–Kier alpha value is -1.42. The lowest BCUT2D eigenvalue weighted by molar-refractivity contribution is 0.859. The molecule has 1 aromatic heterocycles. The van der Waals surface area contributed by atoms with Crippen molar-refractivity contribution in [2.45, 2.75) is 13.5 Å². The van der Waals surface area contributed by atoms with Gasteiger partial charge in [-0.2, -0.15) is 0 Å². The van der Waals surface area contributed by atoms with Crippen LogP contribution in [0.25, 0.3) is 0 Å². The lowest BCUT2D eigenvalue weighted by Gasteiger charge is -2.18. The van der Waals surface area contributed by atoms with Crippen molar-refractivity contribution in [3.05, 3.63) is 52.3 Å². The molecular formula is C13H14BrN3. The maximum absolute atomic E-state index is 4.27. The Balaban J connectivity index is 2.14. The van der Waals surface area contributed by atoms with Gasteiger partial charge in [-0.3, -0.25) is 0 Å².